The highest BCUT2D eigenvalue weighted by Crippen LogP contribution is 2.22. The van der Waals surface area contributed by atoms with Crippen molar-refractivity contribution in [3.63, 3.8) is 0 Å². The van der Waals surface area contributed by atoms with Crippen molar-refractivity contribution in [3.05, 3.63) is 59.7 Å². The highest BCUT2D eigenvalue weighted by Gasteiger charge is 2.26. The van der Waals surface area contributed by atoms with Gasteiger partial charge in [0.15, 0.2) is 0 Å². The van der Waals surface area contributed by atoms with Crippen molar-refractivity contribution in [3.8, 4) is 5.75 Å². The maximum Gasteiger partial charge on any atom is 0.251 e. The van der Waals surface area contributed by atoms with E-state index in [9.17, 15) is 13.2 Å². The van der Waals surface area contributed by atoms with E-state index in [0.29, 0.717) is 44.2 Å². The average Bonchev–Trinajstić information content (AvgIpc) is 2.77. The Morgan fingerprint density at radius 1 is 1.03 bits per heavy atom. The van der Waals surface area contributed by atoms with Crippen molar-refractivity contribution in [2.45, 2.75) is 31.1 Å². The molecule has 7 nitrogen and oxygen atoms in total. The molecule has 8 heteroatoms. The van der Waals surface area contributed by atoms with Crippen LogP contribution in [0.25, 0.3) is 0 Å². The summed E-state index contributed by atoms with van der Waals surface area (Å²) in [5, 5.41) is 2.83. The zero-order chi connectivity index (χ0) is 22.5. The average molecular weight is 447 g/mol. The first-order valence-corrected chi connectivity index (χ1v) is 11.8. The fourth-order valence-electron chi connectivity index (χ4n) is 3.20. The lowest BCUT2D eigenvalue weighted by atomic mass is 9.87. The van der Waals surface area contributed by atoms with Gasteiger partial charge in [0.1, 0.15) is 12.4 Å². The van der Waals surface area contributed by atoms with Gasteiger partial charge in [-0.15, -0.1) is 0 Å². The van der Waals surface area contributed by atoms with Gasteiger partial charge in [0.2, 0.25) is 10.0 Å². The summed E-state index contributed by atoms with van der Waals surface area (Å²) in [7, 11) is -3.52. The van der Waals surface area contributed by atoms with Crippen molar-refractivity contribution in [2.24, 2.45) is 0 Å². The maximum atomic E-state index is 12.6. The molecule has 0 radical (unpaired) electrons. The Bertz CT molecular complexity index is 974. The first-order valence-electron chi connectivity index (χ1n) is 10.4. The second kappa shape index (κ2) is 9.80. The summed E-state index contributed by atoms with van der Waals surface area (Å²) in [4.78, 5) is 12.5. The molecule has 1 fully saturated rings. The van der Waals surface area contributed by atoms with Gasteiger partial charge in [-0.05, 0) is 47.4 Å². The van der Waals surface area contributed by atoms with E-state index >= 15 is 0 Å². The van der Waals surface area contributed by atoms with E-state index in [4.69, 9.17) is 9.47 Å². The lowest BCUT2D eigenvalue weighted by Crippen LogP contribution is -2.40. The van der Waals surface area contributed by atoms with Crippen molar-refractivity contribution in [1.29, 1.82) is 0 Å². The molecule has 0 saturated carbocycles. The lowest BCUT2D eigenvalue weighted by molar-refractivity contribution is 0.0730. The molecule has 168 valence electrons. The molecule has 0 spiro atoms. The fraction of sp³-hybridized carbons (Fsp3) is 0.435. The number of carbonyl (C=O) groups excluding carboxylic acids is 1. The van der Waals surface area contributed by atoms with E-state index in [0.717, 1.165) is 0 Å². The molecular formula is C23H30N2O5S. The smallest absolute Gasteiger partial charge is 0.251 e. The summed E-state index contributed by atoms with van der Waals surface area (Å²) in [6.07, 6.45) is 0. The Balaban J connectivity index is 1.47. The van der Waals surface area contributed by atoms with Crippen molar-refractivity contribution < 1.29 is 22.7 Å². The lowest BCUT2D eigenvalue weighted by Gasteiger charge is -2.26. The second-order valence-corrected chi connectivity index (χ2v) is 10.4. The Labute approximate surface area is 184 Å². The quantitative estimate of drug-likeness (QED) is 0.661. The van der Waals surface area contributed by atoms with Crippen LogP contribution in [0.15, 0.2) is 53.4 Å². The number of carbonyl (C=O) groups is 1. The molecule has 3 rings (SSSR count). The molecule has 1 heterocycles. The summed E-state index contributed by atoms with van der Waals surface area (Å²) in [6, 6.07) is 13.9. The summed E-state index contributed by atoms with van der Waals surface area (Å²) in [6.45, 7) is 8.55. The van der Waals surface area contributed by atoms with Crippen molar-refractivity contribution in [1.82, 2.24) is 9.62 Å². The molecule has 31 heavy (non-hydrogen) atoms. The molecule has 0 aliphatic carbocycles. The zero-order valence-electron chi connectivity index (χ0n) is 18.3. The van der Waals surface area contributed by atoms with Crippen LogP contribution in [0, 0.1) is 0 Å². The Morgan fingerprint density at radius 3 is 2.23 bits per heavy atom. The number of morpholine rings is 1. The van der Waals surface area contributed by atoms with Crippen molar-refractivity contribution in [2.75, 3.05) is 39.5 Å². The first-order chi connectivity index (χ1) is 14.7. The topological polar surface area (TPSA) is 84.9 Å². The zero-order valence-corrected chi connectivity index (χ0v) is 19.1. The van der Waals surface area contributed by atoms with E-state index in [1.165, 1.54) is 22.0 Å². The molecule has 1 aliphatic rings. The molecule has 1 aliphatic heterocycles. The Morgan fingerprint density at radius 2 is 1.65 bits per heavy atom. The van der Waals surface area contributed by atoms with Gasteiger partial charge in [-0.3, -0.25) is 4.79 Å². The minimum absolute atomic E-state index is 0.0416. The number of rotatable bonds is 7. The first kappa shape index (κ1) is 23.2. The van der Waals surface area contributed by atoms with Crippen LogP contribution in [0.5, 0.6) is 5.75 Å². The molecule has 1 N–H and O–H groups in total. The van der Waals surface area contributed by atoms with Gasteiger partial charge < -0.3 is 14.8 Å². The molecule has 0 atom stereocenters. The predicted octanol–water partition coefficient (Wildman–Crippen LogP) is 2.81. The highest BCUT2D eigenvalue weighted by molar-refractivity contribution is 7.89. The van der Waals surface area contributed by atoms with E-state index < -0.39 is 10.0 Å². The summed E-state index contributed by atoms with van der Waals surface area (Å²) in [5.74, 6) is 0.390. The third-order valence-electron chi connectivity index (χ3n) is 5.10. The number of ether oxygens (including phenoxy) is 2. The van der Waals surface area contributed by atoms with Crippen LogP contribution in [0.2, 0.25) is 0 Å². The van der Waals surface area contributed by atoms with Crippen LogP contribution in [0.4, 0.5) is 0 Å². The maximum absolute atomic E-state index is 12.6. The summed E-state index contributed by atoms with van der Waals surface area (Å²) in [5.41, 5.74) is 1.82. The van der Waals surface area contributed by atoms with Crippen LogP contribution in [-0.4, -0.2) is 58.1 Å². The van der Waals surface area contributed by atoms with Gasteiger partial charge in [0.25, 0.3) is 5.91 Å². The van der Waals surface area contributed by atoms with Crippen LogP contribution >= 0.6 is 0 Å². The van der Waals surface area contributed by atoms with Gasteiger partial charge in [0, 0.05) is 18.7 Å². The SMILES string of the molecule is CC(C)(C)c1ccc(C(=O)NCCOc2ccc(S(=O)(=O)N3CCOCC3)cc2)cc1. The molecule has 0 unspecified atom stereocenters. The number of benzene rings is 2. The third kappa shape index (κ3) is 6.06. The van der Waals surface area contributed by atoms with E-state index in [1.54, 1.807) is 12.1 Å². The number of sulfonamides is 1. The van der Waals surface area contributed by atoms with Crippen molar-refractivity contribution >= 4 is 15.9 Å². The molecule has 1 saturated heterocycles. The van der Waals surface area contributed by atoms with Gasteiger partial charge in [0.05, 0.1) is 24.7 Å². The number of nitrogens with one attached hydrogen (secondary N) is 1. The van der Waals surface area contributed by atoms with Gasteiger partial charge in [-0.1, -0.05) is 32.9 Å². The molecule has 2 aromatic rings. The summed E-state index contributed by atoms with van der Waals surface area (Å²) >= 11 is 0. The largest absolute Gasteiger partial charge is 0.492 e. The number of hydrogen-bond donors (Lipinski definition) is 1. The standard InChI is InChI=1S/C23H30N2O5S/c1-23(2,3)19-6-4-18(5-7-19)22(26)24-12-15-30-20-8-10-21(11-9-20)31(27,28)25-13-16-29-17-14-25/h4-11H,12-17H2,1-3H3,(H,24,26). The molecule has 1 amide bonds. The minimum atomic E-state index is -3.52. The third-order valence-corrected chi connectivity index (χ3v) is 7.01. The molecular weight excluding hydrogens is 416 g/mol. The number of amides is 1. The predicted molar refractivity (Wildman–Crippen MR) is 119 cm³/mol. The molecule has 2 aromatic carbocycles. The van der Waals surface area contributed by atoms with Gasteiger partial charge in [-0.25, -0.2) is 8.42 Å². The van der Waals surface area contributed by atoms with E-state index in [-0.39, 0.29) is 22.8 Å². The Kier molecular flexibility index (Phi) is 7.35. The van der Waals surface area contributed by atoms with E-state index in [2.05, 4.69) is 26.1 Å². The minimum Gasteiger partial charge on any atom is -0.492 e. The molecule has 0 bridgehead atoms. The number of hydrogen-bond acceptors (Lipinski definition) is 5. The van der Waals surface area contributed by atoms with Crippen LogP contribution in [-0.2, 0) is 20.2 Å². The summed E-state index contributed by atoms with van der Waals surface area (Å²) < 4.78 is 37.5. The van der Waals surface area contributed by atoms with Crippen LogP contribution < -0.4 is 10.1 Å². The number of nitrogens with zero attached hydrogens (tertiary/aromatic N) is 1. The van der Waals surface area contributed by atoms with Gasteiger partial charge >= 0.3 is 0 Å². The van der Waals surface area contributed by atoms with Crippen LogP contribution in [0.3, 0.4) is 0 Å². The molecule has 0 aromatic heterocycles. The van der Waals surface area contributed by atoms with Gasteiger partial charge in [-0.2, -0.15) is 4.31 Å². The van der Waals surface area contributed by atoms with Crippen LogP contribution in [0.1, 0.15) is 36.7 Å². The monoisotopic (exact) mass is 446 g/mol. The Hall–Kier alpha value is -2.42. The normalized spacial score (nSPS) is 15.5. The fourth-order valence-corrected chi connectivity index (χ4v) is 4.61. The highest BCUT2D eigenvalue weighted by atomic mass is 32.2. The van der Waals surface area contributed by atoms with E-state index in [1.807, 2.05) is 24.3 Å². The second-order valence-electron chi connectivity index (χ2n) is 8.42.